The maximum atomic E-state index is 6.40. The summed E-state index contributed by atoms with van der Waals surface area (Å²) in [5, 5.41) is 2.31. The first-order chi connectivity index (χ1) is 17.8. The number of hydrogen-bond acceptors (Lipinski definition) is 4. The van der Waals surface area contributed by atoms with Gasteiger partial charge in [0.1, 0.15) is 17.3 Å². The third-order valence-corrected chi connectivity index (χ3v) is 6.82. The van der Waals surface area contributed by atoms with E-state index in [0.29, 0.717) is 0 Å². The molecule has 5 nitrogen and oxygen atoms in total. The predicted molar refractivity (Wildman–Crippen MR) is 147 cm³/mol. The lowest BCUT2D eigenvalue weighted by Crippen LogP contribution is -2.23. The predicted octanol–water partition coefficient (Wildman–Crippen LogP) is 7.52. The molecule has 0 atom stereocenters. The van der Waals surface area contributed by atoms with E-state index in [-0.39, 0.29) is 0 Å². The molecule has 0 fully saturated rings. The van der Waals surface area contributed by atoms with Crippen LogP contribution >= 0.6 is 0 Å². The van der Waals surface area contributed by atoms with Crippen molar-refractivity contribution >= 4 is 38.9 Å². The second kappa shape index (κ2) is 8.17. The van der Waals surface area contributed by atoms with Crippen LogP contribution in [0.25, 0.3) is 27.6 Å². The van der Waals surface area contributed by atoms with Crippen LogP contribution in [0.3, 0.4) is 0 Å². The molecule has 2 aromatic heterocycles. The monoisotopic (exact) mass is 468 g/mol. The molecule has 0 amide bonds. The van der Waals surface area contributed by atoms with Gasteiger partial charge >= 0.3 is 0 Å². The molecule has 3 heterocycles. The molecule has 5 heteroatoms. The molecule has 0 unspecified atom stereocenters. The average molecular weight is 469 g/mol. The number of fused-ring (bicyclic) bond motifs is 4. The van der Waals surface area contributed by atoms with E-state index in [4.69, 9.17) is 4.74 Å². The second-order valence-electron chi connectivity index (χ2n) is 9.07. The first kappa shape index (κ1) is 20.6. The molecule has 6 aromatic rings. The lowest BCUT2D eigenvalue weighted by Gasteiger charge is -2.20. The largest absolute Gasteiger partial charge is 0.457 e. The normalized spacial score (nSPS) is 12.9. The van der Waals surface area contributed by atoms with E-state index in [2.05, 4.69) is 105 Å². The molecule has 36 heavy (non-hydrogen) atoms. The van der Waals surface area contributed by atoms with Crippen LogP contribution in [0, 0.1) is 0 Å². The summed E-state index contributed by atoms with van der Waals surface area (Å²) >= 11 is 0. The summed E-state index contributed by atoms with van der Waals surface area (Å²) < 4.78 is 8.60. The van der Waals surface area contributed by atoms with Crippen LogP contribution in [0.2, 0.25) is 0 Å². The zero-order chi connectivity index (χ0) is 24.1. The number of nitrogens with zero attached hydrogens (tertiary/aromatic N) is 4. The molecular formula is C31H24N4O. The van der Waals surface area contributed by atoms with Crippen LogP contribution in [0.5, 0.6) is 11.5 Å². The van der Waals surface area contributed by atoms with E-state index in [1.807, 2.05) is 36.5 Å². The van der Waals surface area contributed by atoms with Gasteiger partial charge in [-0.3, -0.25) is 4.57 Å². The van der Waals surface area contributed by atoms with E-state index in [1.165, 1.54) is 16.8 Å². The number of anilines is 3. The van der Waals surface area contributed by atoms with E-state index in [9.17, 15) is 0 Å². The van der Waals surface area contributed by atoms with Gasteiger partial charge < -0.3 is 14.5 Å². The molecule has 0 bridgehead atoms. The van der Waals surface area contributed by atoms with Crippen LogP contribution in [-0.2, 0) is 0 Å². The van der Waals surface area contributed by atoms with Gasteiger partial charge in [-0.2, -0.15) is 0 Å². The number of hydrogen-bond donors (Lipinski definition) is 0. The van der Waals surface area contributed by atoms with Gasteiger partial charge in [-0.1, -0.05) is 42.5 Å². The highest BCUT2D eigenvalue weighted by atomic mass is 16.5. The summed E-state index contributed by atoms with van der Waals surface area (Å²) in [6, 6.07) is 37.5. The Kier molecular flexibility index (Phi) is 4.67. The van der Waals surface area contributed by atoms with Crippen LogP contribution in [-0.4, -0.2) is 23.3 Å². The summed E-state index contributed by atoms with van der Waals surface area (Å²) in [5.74, 6) is 2.52. The summed E-state index contributed by atoms with van der Waals surface area (Å²) in [5.41, 5.74) is 5.78. The van der Waals surface area contributed by atoms with E-state index >= 15 is 0 Å². The Morgan fingerprint density at radius 3 is 2.33 bits per heavy atom. The minimum Gasteiger partial charge on any atom is -0.457 e. The number of para-hydroxylation sites is 3. The molecule has 0 N–H and O–H groups in total. The fourth-order valence-corrected chi connectivity index (χ4v) is 5.20. The first-order valence-corrected chi connectivity index (χ1v) is 12.1. The fourth-order valence-electron chi connectivity index (χ4n) is 5.20. The summed E-state index contributed by atoms with van der Waals surface area (Å²) in [4.78, 5) is 9.17. The van der Waals surface area contributed by atoms with Crippen LogP contribution in [0.1, 0.15) is 0 Å². The Balaban J connectivity index is 1.27. The second-order valence-corrected chi connectivity index (χ2v) is 9.07. The molecule has 0 saturated heterocycles. The number of ether oxygens (including phenoxy) is 1. The quantitative estimate of drug-likeness (QED) is 0.268. The summed E-state index contributed by atoms with van der Waals surface area (Å²) in [6.45, 7) is 0.807. The zero-order valence-electron chi connectivity index (χ0n) is 19.9. The highest BCUT2D eigenvalue weighted by Gasteiger charge is 2.24. The topological polar surface area (TPSA) is 33.5 Å². The molecule has 7 rings (SSSR count). The zero-order valence-corrected chi connectivity index (χ0v) is 19.9. The van der Waals surface area contributed by atoms with Crippen LogP contribution < -0.4 is 14.5 Å². The van der Waals surface area contributed by atoms with Gasteiger partial charge in [0.25, 0.3) is 0 Å². The van der Waals surface area contributed by atoms with Crippen molar-refractivity contribution in [1.82, 2.24) is 9.55 Å². The van der Waals surface area contributed by atoms with Crippen molar-refractivity contribution in [2.75, 3.05) is 23.5 Å². The smallest absolute Gasteiger partial charge is 0.137 e. The Bertz CT molecular complexity index is 1720. The van der Waals surface area contributed by atoms with Crippen molar-refractivity contribution in [3.05, 3.63) is 115 Å². The van der Waals surface area contributed by atoms with E-state index in [1.54, 1.807) is 0 Å². The maximum Gasteiger partial charge on any atom is 0.137 e. The van der Waals surface area contributed by atoms with Crippen LogP contribution in [0.4, 0.5) is 17.1 Å². The standard InChI is InChI=1S/C31H24N4O/c1-33-21-34(30-14-5-4-13-29(30)33)22-9-8-10-23(19-22)36-24-16-17-28-26(20-24)25-11-2-3-12-27(25)35(28)31-15-6-7-18-32-31/h2-20H,21H2,1H3. The summed E-state index contributed by atoms with van der Waals surface area (Å²) in [7, 11) is 2.12. The minimum atomic E-state index is 0.807. The Morgan fingerprint density at radius 1 is 0.667 bits per heavy atom. The molecule has 174 valence electrons. The number of pyridine rings is 1. The lowest BCUT2D eigenvalue weighted by molar-refractivity contribution is 0.483. The Morgan fingerprint density at radius 2 is 1.44 bits per heavy atom. The fraction of sp³-hybridized carbons (Fsp3) is 0.0645. The molecule has 4 aromatic carbocycles. The van der Waals surface area contributed by atoms with Gasteiger partial charge in [-0.25, -0.2) is 4.98 Å². The third kappa shape index (κ3) is 3.28. The molecule has 0 saturated carbocycles. The highest BCUT2D eigenvalue weighted by Crippen LogP contribution is 2.41. The number of benzene rings is 4. The van der Waals surface area contributed by atoms with E-state index < -0.39 is 0 Å². The molecule has 0 aliphatic carbocycles. The highest BCUT2D eigenvalue weighted by molar-refractivity contribution is 6.09. The molecule has 1 aliphatic heterocycles. The van der Waals surface area contributed by atoms with Gasteiger partial charge in [0.2, 0.25) is 0 Å². The van der Waals surface area contributed by atoms with Gasteiger partial charge in [0.05, 0.1) is 29.1 Å². The maximum absolute atomic E-state index is 6.40. The first-order valence-electron chi connectivity index (χ1n) is 12.1. The van der Waals surface area contributed by atoms with Crippen molar-refractivity contribution in [1.29, 1.82) is 0 Å². The number of aromatic nitrogens is 2. The van der Waals surface area contributed by atoms with Gasteiger partial charge in [-0.05, 0) is 60.7 Å². The number of rotatable bonds is 4. The lowest BCUT2D eigenvalue weighted by atomic mass is 10.1. The van der Waals surface area contributed by atoms with E-state index in [0.717, 1.165) is 46.1 Å². The molecular weight excluding hydrogens is 444 g/mol. The van der Waals surface area contributed by atoms with Crippen molar-refractivity contribution in [2.45, 2.75) is 0 Å². The van der Waals surface area contributed by atoms with Gasteiger partial charge in [-0.15, -0.1) is 0 Å². The third-order valence-electron chi connectivity index (χ3n) is 6.82. The van der Waals surface area contributed by atoms with Crippen molar-refractivity contribution in [3.63, 3.8) is 0 Å². The van der Waals surface area contributed by atoms with Crippen LogP contribution in [0.15, 0.2) is 115 Å². The van der Waals surface area contributed by atoms with Crippen molar-refractivity contribution in [3.8, 4) is 17.3 Å². The SMILES string of the molecule is CN1CN(c2cccc(Oc3ccc4c(c3)c3ccccc3n4-c3ccccn3)c2)c2ccccc21. The minimum absolute atomic E-state index is 0.807. The van der Waals surface area contributed by atoms with Crippen molar-refractivity contribution in [2.24, 2.45) is 0 Å². The van der Waals surface area contributed by atoms with Gasteiger partial charge in [0, 0.05) is 35.8 Å². The summed E-state index contributed by atoms with van der Waals surface area (Å²) in [6.07, 6.45) is 1.83. The molecule has 0 spiro atoms. The Labute approximate surface area is 209 Å². The molecule has 0 radical (unpaired) electrons. The Hall–Kier alpha value is -4.77. The van der Waals surface area contributed by atoms with Crippen molar-refractivity contribution < 1.29 is 4.74 Å². The van der Waals surface area contributed by atoms with Gasteiger partial charge in [0.15, 0.2) is 0 Å². The average Bonchev–Trinajstić information content (AvgIpc) is 3.44. The molecule has 1 aliphatic rings.